The van der Waals surface area contributed by atoms with Crippen LogP contribution in [0.25, 0.3) is 10.9 Å². The smallest absolute Gasteiger partial charge is 0.253 e. The summed E-state index contributed by atoms with van der Waals surface area (Å²) in [6, 6.07) is 5.71. The predicted molar refractivity (Wildman–Crippen MR) is 93.4 cm³/mol. The van der Waals surface area contributed by atoms with E-state index in [1.165, 1.54) is 0 Å². The van der Waals surface area contributed by atoms with Crippen molar-refractivity contribution in [2.75, 3.05) is 39.4 Å². The molecule has 1 aliphatic heterocycles. The number of amides is 1. The van der Waals surface area contributed by atoms with E-state index in [1.807, 2.05) is 26.0 Å². The Morgan fingerprint density at radius 1 is 1.38 bits per heavy atom. The standard InChI is InChI=1S/C18H25N3O3/c1-12-13(2)20-17-15(12)4-3-5-16(17)18(23)19-10-14(22)11-21-6-8-24-9-7-21/h3-5,14,20,22H,6-11H2,1-2H3,(H,19,23). The van der Waals surface area contributed by atoms with Gasteiger partial charge in [0, 0.05) is 37.3 Å². The Balaban J connectivity index is 1.61. The van der Waals surface area contributed by atoms with Gasteiger partial charge in [-0.25, -0.2) is 0 Å². The first kappa shape index (κ1) is 17.0. The average molecular weight is 331 g/mol. The van der Waals surface area contributed by atoms with Gasteiger partial charge in [-0.15, -0.1) is 0 Å². The molecule has 0 bridgehead atoms. The number of H-pyrrole nitrogens is 1. The van der Waals surface area contributed by atoms with Gasteiger partial charge in [0.1, 0.15) is 0 Å². The fourth-order valence-corrected chi connectivity index (χ4v) is 3.12. The van der Waals surface area contributed by atoms with Crippen LogP contribution in [0, 0.1) is 13.8 Å². The molecule has 1 saturated heterocycles. The molecular weight excluding hydrogens is 306 g/mol. The van der Waals surface area contributed by atoms with Crippen LogP contribution in [0.4, 0.5) is 0 Å². The summed E-state index contributed by atoms with van der Waals surface area (Å²) in [4.78, 5) is 17.9. The van der Waals surface area contributed by atoms with E-state index in [9.17, 15) is 9.90 Å². The number of para-hydroxylation sites is 1. The van der Waals surface area contributed by atoms with E-state index in [-0.39, 0.29) is 12.5 Å². The molecule has 1 fully saturated rings. The lowest BCUT2D eigenvalue weighted by Gasteiger charge is -2.28. The van der Waals surface area contributed by atoms with Gasteiger partial charge in [0.15, 0.2) is 0 Å². The van der Waals surface area contributed by atoms with Crippen LogP contribution < -0.4 is 5.32 Å². The highest BCUT2D eigenvalue weighted by Gasteiger charge is 2.17. The van der Waals surface area contributed by atoms with Crippen LogP contribution in [-0.2, 0) is 4.74 Å². The Morgan fingerprint density at radius 2 is 2.12 bits per heavy atom. The largest absolute Gasteiger partial charge is 0.390 e. The van der Waals surface area contributed by atoms with E-state index in [0.29, 0.717) is 25.3 Å². The summed E-state index contributed by atoms with van der Waals surface area (Å²) in [5, 5.41) is 14.1. The van der Waals surface area contributed by atoms with Crippen molar-refractivity contribution in [2.24, 2.45) is 0 Å². The third-order valence-corrected chi connectivity index (χ3v) is 4.66. The molecule has 1 aromatic heterocycles. The fraction of sp³-hybridized carbons (Fsp3) is 0.500. The first-order chi connectivity index (χ1) is 11.6. The van der Waals surface area contributed by atoms with E-state index < -0.39 is 6.10 Å². The van der Waals surface area contributed by atoms with Crippen LogP contribution in [0.1, 0.15) is 21.6 Å². The number of ether oxygens (including phenoxy) is 1. The van der Waals surface area contributed by atoms with Crippen molar-refractivity contribution < 1.29 is 14.6 Å². The van der Waals surface area contributed by atoms with Crippen molar-refractivity contribution in [1.82, 2.24) is 15.2 Å². The highest BCUT2D eigenvalue weighted by molar-refractivity contribution is 6.06. The van der Waals surface area contributed by atoms with Crippen LogP contribution in [0.5, 0.6) is 0 Å². The predicted octanol–water partition coefficient (Wildman–Crippen LogP) is 1.21. The van der Waals surface area contributed by atoms with Crippen molar-refractivity contribution in [3.63, 3.8) is 0 Å². The number of aliphatic hydroxyl groups is 1. The summed E-state index contributed by atoms with van der Waals surface area (Å²) in [6.07, 6.45) is -0.585. The number of nitrogens with one attached hydrogen (secondary N) is 2. The number of fused-ring (bicyclic) bond motifs is 1. The lowest BCUT2D eigenvalue weighted by molar-refractivity contribution is 0.0149. The van der Waals surface area contributed by atoms with Gasteiger partial charge in [-0.2, -0.15) is 0 Å². The molecule has 0 radical (unpaired) electrons. The zero-order valence-corrected chi connectivity index (χ0v) is 14.3. The van der Waals surface area contributed by atoms with Crippen molar-refractivity contribution in [1.29, 1.82) is 0 Å². The number of aryl methyl sites for hydroxylation is 2. The number of morpholine rings is 1. The lowest BCUT2D eigenvalue weighted by atomic mass is 10.1. The molecule has 1 atom stereocenters. The zero-order valence-electron chi connectivity index (χ0n) is 14.3. The van der Waals surface area contributed by atoms with E-state index in [1.54, 1.807) is 6.07 Å². The average Bonchev–Trinajstić information content (AvgIpc) is 2.88. The maximum Gasteiger partial charge on any atom is 0.253 e. The molecule has 3 N–H and O–H groups in total. The number of benzene rings is 1. The van der Waals surface area contributed by atoms with E-state index in [4.69, 9.17) is 4.74 Å². The van der Waals surface area contributed by atoms with Crippen LogP contribution in [0.2, 0.25) is 0 Å². The lowest BCUT2D eigenvalue weighted by Crippen LogP contribution is -2.44. The molecular formula is C18H25N3O3. The Kier molecular flexibility index (Phi) is 5.18. The second-order valence-electron chi connectivity index (χ2n) is 6.38. The molecule has 24 heavy (non-hydrogen) atoms. The molecule has 1 aliphatic rings. The minimum atomic E-state index is -0.585. The summed E-state index contributed by atoms with van der Waals surface area (Å²) in [7, 11) is 0. The molecule has 1 aromatic carbocycles. The Labute approximate surface area is 141 Å². The topological polar surface area (TPSA) is 77.6 Å². The molecule has 130 valence electrons. The van der Waals surface area contributed by atoms with Gasteiger partial charge in [-0.3, -0.25) is 9.69 Å². The molecule has 1 unspecified atom stereocenters. The number of aromatic nitrogens is 1. The van der Waals surface area contributed by atoms with Crippen LogP contribution in [0.15, 0.2) is 18.2 Å². The molecule has 0 aliphatic carbocycles. The fourth-order valence-electron chi connectivity index (χ4n) is 3.12. The first-order valence-corrected chi connectivity index (χ1v) is 8.40. The third-order valence-electron chi connectivity index (χ3n) is 4.66. The second kappa shape index (κ2) is 7.34. The molecule has 2 aromatic rings. The van der Waals surface area contributed by atoms with Crippen LogP contribution in [-0.4, -0.2) is 66.4 Å². The maximum absolute atomic E-state index is 12.5. The van der Waals surface area contributed by atoms with Crippen molar-refractivity contribution in [2.45, 2.75) is 20.0 Å². The highest BCUT2D eigenvalue weighted by atomic mass is 16.5. The number of aliphatic hydroxyl groups excluding tert-OH is 1. The normalized spacial score (nSPS) is 17.1. The quantitative estimate of drug-likeness (QED) is 0.770. The molecule has 1 amide bonds. The Morgan fingerprint density at radius 3 is 2.88 bits per heavy atom. The minimum absolute atomic E-state index is 0.164. The monoisotopic (exact) mass is 331 g/mol. The number of nitrogens with zero attached hydrogens (tertiary/aromatic N) is 1. The van der Waals surface area contributed by atoms with Gasteiger partial charge >= 0.3 is 0 Å². The zero-order chi connectivity index (χ0) is 17.1. The van der Waals surface area contributed by atoms with Gasteiger partial charge in [0.2, 0.25) is 0 Å². The van der Waals surface area contributed by atoms with E-state index in [2.05, 4.69) is 15.2 Å². The minimum Gasteiger partial charge on any atom is -0.390 e. The van der Waals surface area contributed by atoms with E-state index >= 15 is 0 Å². The van der Waals surface area contributed by atoms with Crippen molar-refractivity contribution in [3.05, 3.63) is 35.0 Å². The first-order valence-electron chi connectivity index (χ1n) is 8.40. The number of carbonyl (C=O) groups is 1. The molecule has 2 heterocycles. The molecule has 0 saturated carbocycles. The van der Waals surface area contributed by atoms with Crippen molar-refractivity contribution in [3.8, 4) is 0 Å². The van der Waals surface area contributed by atoms with Gasteiger partial charge < -0.3 is 20.1 Å². The number of aromatic amines is 1. The summed E-state index contributed by atoms with van der Waals surface area (Å²) in [5.74, 6) is -0.164. The third kappa shape index (κ3) is 3.61. The summed E-state index contributed by atoms with van der Waals surface area (Å²) >= 11 is 0. The number of hydrogen-bond donors (Lipinski definition) is 3. The maximum atomic E-state index is 12.5. The number of hydrogen-bond acceptors (Lipinski definition) is 4. The van der Waals surface area contributed by atoms with Gasteiger partial charge in [-0.1, -0.05) is 12.1 Å². The van der Waals surface area contributed by atoms with Crippen LogP contribution in [0.3, 0.4) is 0 Å². The van der Waals surface area contributed by atoms with Crippen LogP contribution >= 0.6 is 0 Å². The van der Waals surface area contributed by atoms with Gasteiger partial charge in [-0.05, 0) is 25.5 Å². The summed E-state index contributed by atoms with van der Waals surface area (Å²) < 4.78 is 5.29. The van der Waals surface area contributed by atoms with Crippen molar-refractivity contribution >= 4 is 16.8 Å². The molecule has 0 spiro atoms. The number of carbonyl (C=O) groups excluding carboxylic acids is 1. The Hall–Kier alpha value is -1.89. The molecule has 6 heteroatoms. The number of rotatable bonds is 5. The molecule has 3 rings (SSSR count). The van der Waals surface area contributed by atoms with Gasteiger partial charge in [0.05, 0.1) is 30.4 Å². The van der Waals surface area contributed by atoms with Gasteiger partial charge in [0.25, 0.3) is 5.91 Å². The summed E-state index contributed by atoms with van der Waals surface area (Å²) in [5.41, 5.74) is 3.69. The SMILES string of the molecule is Cc1[nH]c2c(C(=O)NCC(O)CN3CCOCC3)cccc2c1C. The summed E-state index contributed by atoms with van der Waals surface area (Å²) in [6.45, 7) is 7.89. The van der Waals surface area contributed by atoms with E-state index in [0.717, 1.165) is 35.2 Å². The number of β-amino-alcohol motifs (C(OH)–C–C–N with tert-alkyl or cyclic N) is 1. The second-order valence-corrected chi connectivity index (χ2v) is 6.38. The molecule has 6 nitrogen and oxygen atoms in total. The Bertz CT molecular complexity index is 720. The highest BCUT2D eigenvalue weighted by Crippen LogP contribution is 2.24.